The monoisotopic (exact) mass is 328 g/mol. The topological polar surface area (TPSA) is 78.4 Å². The Kier molecular flexibility index (Phi) is 5.16. The van der Waals surface area contributed by atoms with Crippen molar-refractivity contribution in [2.24, 2.45) is 0 Å². The molecule has 0 saturated carbocycles. The van der Waals surface area contributed by atoms with Crippen LogP contribution in [-0.2, 0) is 15.2 Å². The maximum absolute atomic E-state index is 11.9. The molecule has 2 rings (SSSR count). The molecule has 0 fully saturated rings. The molecule has 2 amide bonds. The van der Waals surface area contributed by atoms with Gasteiger partial charge in [0.25, 0.3) is 0 Å². The lowest BCUT2D eigenvalue weighted by Gasteiger charge is -2.22. The second-order valence-corrected chi connectivity index (χ2v) is 6.06. The van der Waals surface area contributed by atoms with Gasteiger partial charge in [0, 0.05) is 16.1 Å². The molecular formula is C17H16N2O3S. The molecule has 1 aromatic carbocycles. The smallest absolute Gasteiger partial charge is 0.313 e. The van der Waals surface area contributed by atoms with Crippen molar-refractivity contribution >= 4 is 28.8 Å². The van der Waals surface area contributed by atoms with Crippen molar-refractivity contribution in [2.75, 3.05) is 11.9 Å². The van der Waals surface area contributed by atoms with E-state index in [1.165, 1.54) is 11.3 Å². The first kappa shape index (κ1) is 16.7. The number of hydrogen-bond acceptors (Lipinski definition) is 4. The Labute approximate surface area is 138 Å². The number of amides is 2. The molecule has 0 spiro atoms. The van der Waals surface area contributed by atoms with Gasteiger partial charge >= 0.3 is 11.8 Å². The third-order valence-corrected chi connectivity index (χ3v) is 4.26. The average Bonchev–Trinajstić information content (AvgIpc) is 3.08. The molecule has 5 nitrogen and oxygen atoms in total. The van der Waals surface area contributed by atoms with Crippen molar-refractivity contribution in [1.82, 2.24) is 5.32 Å². The molecule has 0 radical (unpaired) electrons. The highest BCUT2D eigenvalue weighted by Crippen LogP contribution is 2.24. The standard InChI is InChI=1S/C17H16N2O3S/c1-3-12-6-4-7-13(10-12)19-16(21)15(20)18-11-17(2,22)14-8-5-9-23-14/h1,4-10,22H,11H2,2H3,(H,18,20)(H,19,21). The fourth-order valence-corrected chi connectivity index (χ4v) is 2.67. The zero-order valence-electron chi connectivity index (χ0n) is 12.5. The molecule has 0 saturated heterocycles. The third-order valence-electron chi connectivity index (χ3n) is 3.14. The Hall–Kier alpha value is -2.62. The summed E-state index contributed by atoms with van der Waals surface area (Å²) in [7, 11) is 0. The number of nitrogens with one attached hydrogen (secondary N) is 2. The number of thiophene rings is 1. The van der Waals surface area contributed by atoms with E-state index in [1.807, 2.05) is 11.4 Å². The zero-order chi connectivity index (χ0) is 16.9. The number of aliphatic hydroxyl groups is 1. The van der Waals surface area contributed by atoms with E-state index in [0.717, 1.165) is 0 Å². The SMILES string of the molecule is C#Cc1cccc(NC(=O)C(=O)NCC(C)(O)c2cccs2)c1. The van der Waals surface area contributed by atoms with Crippen LogP contribution in [0.2, 0.25) is 0 Å². The minimum absolute atomic E-state index is 0.0653. The Bertz CT molecular complexity index is 745. The summed E-state index contributed by atoms with van der Waals surface area (Å²) < 4.78 is 0. The van der Waals surface area contributed by atoms with Crippen LogP contribution in [0.1, 0.15) is 17.4 Å². The van der Waals surface area contributed by atoms with E-state index in [2.05, 4.69) is 16.6 Å². The highest BCUT2D eigenvalue weighted by Gasteiger charge is 2.26. The summed E-state index contributed by atoms with van der Waals surface area (Å²) in [6.45, 7) is 1.51. The predicted molar refractivity (Wildman–Crippen MR) is 89.9 cm³/mol. The molecule has 0 aliphatic rings. The summed E-state index contributed by atoms with van der Waals surface area (Å²) in [6.07, 6.45) is 5.28. The van der Waals surface area contributed by atoms with Crippen LogP contribution in [-0.4, -0.2) is 23.5 Å². The minimum atomic E-state index is -1.23. The van der Waals surface area contributed by atoms with Gasteiger partial charge in [-0.1, -0.05) is 18.1 Å². The van der Waals surface area contributed by atoms with Gasteiger partial charge in [0.1, 0.15) is 5.60 Å². The Morgan fingerprint density at radius 3 is 2.74 bits per heavy atom. The van der Waals surface area contributed by atoms with Crippen molar-refractivity contribution in [3.63, 3.8) is 0 Å². The van der Waals surface area contributed by atoms with Crippen molar-refractivity contribution in [2.45, 2.75) is 12.5 Å². The Balaban J connectivity index is 1.93. The fourth-order valence-electron chi connectivity index (χ4n) is 1.88. The first-order valence-corrected chi connectivity index (χ1v) is 7.72. The summed E-state index contributed by atoms with van der Waals surface area (Å²) in [4.78, 5) is 24.4. The van der Waals surface area contributed by atoms with Gasteiger partial charge in [-0.05, 0) is 36.6 Å². The molecule has 1 unspecified atom stereocenters. The zero-order valence-corrected chi connectivity index (χ0v) is 13.3. The molecule has 0 aliphatic carbocycles. The lowest BCUT2D eigenvalue weighted by molar-refractivity contribution is -0.136. The maximum Gasteiger partial charge on any atom is 0.313 e. The van der Waals surface area contributed by atoms with Crippen LogP contribution >= 0.6 is 11.3 Å². The van der Waals surface area contributed by atoms with Gasteiger partial charge in [0.05, 0.1) is 6.54 Å². The van der Waals surface area contributed by atoms with Crippen molar-refractivity contribution in [3.05, 3.63) is 52.2 Å². The number of rotatable bonds is 4. The van der Waals surface area contributed by atoms with E-state index in [1.54, 1.807) is 37.3 Å². The molecule has 1 aromatic heterocycles. The summed E-state index contributed by atoms with van der Waals surface area (Å²) in [6, 6.07) is 10.2. The van der Waals surface area contributed by atoms with Gasteiger partial charge in [-0.15, -0.1) is 17.8 Å². The van der Waals surface area contributed by atoms with Gasteiger partial charge in [-0.3, -0.25) is 9.59 Å². The van der Waals surface area contributed by atoms with Gasteiger partial charge in [-0.2, -0.15) is 0 Å². The van der Waals surface area contributed by atoms with Crippen LogP contribution in [0, 0.1) is 12.3 Å². The highest BCUT2D eigenvalue weighted by molar-refractivity contribution is 7.10. The lowest BCUT2D eigenvalue weighted by atomic mass is 10.1. The number of benzene rings is 1. The first-order valence-electron chi connectivity index (χ1n) is 6.84. The Morgan fingerprint density at radius 1 is 1.30 bits per heavy atom. The molecule has 118 valence electrons. The van der Waals surface area contributed by atoms with Crippen LogP contribution < -0.4 is 10.6 Å². The van der Waals surface area contributed by atoms with Crippen molar-refractivity contribution < 1.29 is 14.7 Å². The van der Waals surface area contributed by atoms with E-state index in [-0.39, 0.29) is 6.54 Å². The van der Waals surface area contributed by atoms with Gasteiger partial charge in [0.2, 0.25) is 0 Å². The second-order valence-electron chi connectivity index (χ2n) is 5.11. The third kappa shape index (κ3) is 4.42. The Morgan fingerprint density at radius 2 is 2.09 bits per heavy atom. The summed E-state index contributed by atoms with van der Waals surface area (Å²) in [5, 5.41) is 17.0. The molecule has 0 aliphatic heterocycles. The van der Waals surface area contributed by atoms with Crippen LogP contribution in [0.15, 0.2) is 41.8 Å². The molecule has 1 heterocycles. The highest BCUT2D eigenvalue weighted by atomic mass is 32.1. The van der Waals surface area contributed by atoms with Crippen LogP contribution in [0.5, 0.6) is 0 Å². The molecule has 3 N–H and O–H groups in total. The summed E-state index contributed by atoms with van der Waals surface area (Å²) >= 11 is 1.38. The van der Waals surface area contributed by atoms with Crippen molar-refractivity contribution in [1.29, 1.82) is 0 Å². The van der Waals surface area contributed by atoms with Gasteiger partial charge in [-0.25, -0.2) is 0 Å². The number of terminal acetylenes is 1. The molecule has 2 aromatic rings. The second kappa shape index (κ2) is 7.09. The lowest BCUT2D eigenvalue weighted by Crippen LogP contribution is -2.42. The van der Waals surface area contributed by atoms with Gasteiger partial charge < -0.3 is 15.7 Å². The quantitative estimate of drug-likeness (QED) is 0.590. The van der Waals surface area contributed by atoms with Crippen LogP contribution in [0.25, 0.3) is 0 Å². The molecule has 1 atom stereocenters. The normalized spacial score (nSPS) is 12.7. The number of anilines is 1. The molecule has 0 bridgehead atoms. The molecule has 23 heavy (non-hydrogen) atoms. The van der Waals surface area contributed by atoms with E-state index in [9.17, 15) is 14.7 Å². The fraction of sp³-hybridized carbons (Fsp3) is 0.176. The largest absolute Gasteiger partial charge is 0.383 e. The minimum Gasteiger partial charge on any atom is -0.383 e. The van der Waals surface area contributed by atoms with E-state index < -0.39 is 17.4 Å². The first-order chi connectivity index (χ1) is 10.9. The van der Waals surface area contributed by atoms with E-state index in [0.29, 0.717) is 16.1 Å². The average molecular weight is 328 g/mol. The number of carbonyl (C=O) groups excluding carboxylic acids is 2. The van der Waals surface area contributed by atoms with Gasteiger partial charge in [0.15, 0.2) is 0 Å². The summed E-state index contributed by atoms with van der Waals surface area (Å²) in [5.41, 5.74) is -0.192. The van der Waals surface area contributed by atoms with E-state index >= 15 is 0 Å². The van der Waals surface area contributed by atoms with Crippen molar-refractivity contribution in [3.8, 4) is 12.3 Å². The van der Waals surface area contributed by atoms with Crippen LogP contribution in [0.3, 0.4) is 0 Å². The van der Waals surface area contributed by atoms with Crippen LogP contribution in [0.4, 0.5) is 5.69 Å². The summed E-state index contributed by atoms with van der Waals surface area (Å²) in [5.74, 6) is 0.802. The number of hydrogen-bond donors (Lipinski definition) is 3. The molecule has 6 heteroatoms. The number of carbonyl (C=O) groups is 2. The maximum atomic E-state index is 11.9. The molecular weight excluding hydrogens is 312 g/mol. The van der Waals surface area contributed by atoms with E-state index in [4.69, 9.17) is 6.42 Å². The predicted octanol–water partition coefficient (Wildman–Crippen LogP) is 1.69.